The molecule has 26 heavy (non-hydrogen) atoms. The number of nitrogens with zero attached hydrogens (tertiary/aromatic N) is 3. The molecule has 1 aliphatic rings. The number of aromatic amines is 1. The summed E-state index contributed by atoms with van der Waals surface area (Å²) in [5, 5.41) is 0. The van der Waals surface area contributed by atoms with E-state index < -0.39 is 0 Å². The maximum absolute atomic E-state index is 12.6. The van der Waals surface area contributed by atoms with Gasteiger partial charge in [-0.15, -0.1) is 0 Å². The SMILES string of the molecule is Cc1cc(C)cc(CN2CCc3nc(-c4ccncc4)[nH]c(=O)c3C2)c1. The highest BCUT2D eigenvalue weighted by Gasteiger charge is 2.21. The van der Waals surface area contributed by atoms with Gasteiger partial charge in [0.1, 0.15) is 5.82 Å². The topological polar surface area (TPSA) is 61.9 Å². The van der Waals surface area contributed by atoms with Gasteiger partial charge in [-0.2, -0.15) is 0 Å². The fourth-order valence-corrected chi connectivity index (χ4v) is 3.68. The molecule has 0 amide bonds. The van der Waals surface area contributed by atoms with Crippen molar-refractivity contribution in [3.63, 3.8) is 0 Å². The molecule has 0 saturated carbocycles. The van der Waals surface area contributed by atoms with E-state index in [9.17, 15) is 4.79 Å². The van der Waals surface area contributed by atoms with Gasteiger partial charge in [-0.05, 0) is 31.5 Å². The Morgan fingerprint density at radius 2 is 1.85 bits per heavy atom. The number of rotatable bonds is 3. The minimum absolute atomic E-state index is 0.0352. The molecule has 132 valence electrons. The molecular weight excluding hydrogens is 324 g/mol. The molecule has 0 radical (unpaired) electrons. The van der Waals surface area contributed by atoms with Crippen LogP contribution < -0.4 is 5.56 Å². The van der Waals surface area contributed by atoms with Crippen LogP contribution in [-0.4, -0.2) is 26.4 Å². The highest BCUT2D eigenvalue weighted by molar-refractivity contribution is 5.54. The highest BCUT2D eigenvalue weighted by Crippen LogP contribution is 2.20. The number of hydrogen-bond donors (Lipinski definition) is 1. The molecule has 0 unspecified atom stereocenters. The molecule has 0 aliphatic carbocycles. The zero-order chi connectivity index (χ0) is 18.1. The van der Waals surface area contributed by atoms with Crippen LogP contribution in [0.3, 0.4) is 0 Å². The first-order chi connectivity index (χ1) is 12.6. The Bertz CT molecular complexity index is 974. The van der Waals surface area contributed by atoms with Gasteiger partial charge in [0.2, 0.25) is 0 Å². The molecular formula is C21H22N4O. The molecule has 1 aliphatic heterocycles. The quantitative estimate of drug-likeness (QED) is 0.792. The summed E-state index contributed by atoms with van der Waals surface area (Å²) in [5.41, 5.74) is 6.40. The first kappa shape index (κ1) is 16.7. The maximum Gasteiger partial charge on any atom is 0.255 e. The van der Waals surface area contributed by atoms with E-state index in [-0.39, 0.29) is 5.56 Å². The number of nitrogens with one attached hydrogen (secondary N) is 1. The van der Waals surface area contributed by atoms with E-state index in [4.69, 9.17) is 4.98 Å². The minimum atomic E-state index is -0.0352. The number of hydrogen-bond acceptors (Lipinski definition) is 4. The number of fused-ring (bicyclic) bond motifs is 1. The van der Waals surface area contributed by atoms with Crippen molar-refractivity contribution in [3.05, 3.63) is 81.0 Å². The van der Waals surface area contributed by atoms with Crippen molar-refractivity contribution in [2.75, 3.05) is 6.54 Å². The fraction of sp³-hybridized carbons (Fsp3) is 0.286. The van der Waals surface area contributed by atoms with Crippen LogP contribution in [0, 0.1) is 13.8 Å². The first-order valence-electron chi connectivity index (χ1n) is 8.90. The predicted octanol–water partition coefficient (Wildman–Crippen LogP) is 3.01. The van der Waals surface area contributed by atoms with Crippen molar-refractivity contribution in [1.29, 1.82) is 0 Å². The molecule has 0 fully saturated rings. The van der Waals surface area contributed by atoms with E-state index in [0.29, 0.717) is 12.4 Å². The van der Waals surface area contributed by atoms with Crippen molar-refractivity contribution in [2.24, 2.45) is 0 Å². The smallest absolute Gasteiger partial charge is 0.255 e. The van der Waals surface area contributed by atoms with Gasteiger partial charge in [-0.25, -0.2) is 4.98 Å². The van der Waals surface area contributed by atoms with Gasteiger partial charge < -0.3 is 4.98 Å². The van der Waals surface area contributed by atoms with Crippen LogP contribution in [0.4, 0.5) is 0 Å². The Kier molecular flexibility index (Phi) is 4.39. The number of aromatic nitrogens is 3. The summed E-state index contributed by atoms with van der Waals surface area (Å²) in [4.78, 5) is 26.6. The molecule has 0 bridgehead atoms. The normalized spacial score (nSPS) is 14.2. The molecule has 3 aromatic rings. The summed E-state index contributed by atoms with van der Waals surface area (Å²) in [6.45, 7) is 6.65. The van der Waals surface area contributed by atoms with Gasteiger partial charge in [0.25, 0.3) is 5.56 Å². The third-order valence-corrected chi connectivity index (χ3v) is 4.79. The van der Waals surface area contributed by atoms with Crippen molar-refractivity contribution in [3.8, 4) is 11.4 Å². The summed E-state index contributed by atoms with van der Waals surface area (Å²) in [6, 6.07) is 10.3. The van der Waals surface area contributed by atoms with Crippen LogP contribution in [0.5, 0.6) is 0 Å². The van der Waals surface area contributed by atoms with Crippen LogP contribution in [0.2, 0.25) is 0 Å². The van der Waals surface area contributed by atoms with Crippen molar-refractivity contribution < 1.29 is 0 Å². The molecule has 0 spiro atoms. The van der Waals surface area contributed by atoms with E-state index >= 15 is 0 Å². The van der Waals surface area contributed by atoms with E-state index in [0.717, 1.165) is 36.3 Å². The highest BCUT2D eigenvalue weighted by atomic mass is 16.1. The van der Waals surface area contributed by atoms with Crippen molar-refractivity contribution >= 4 is 0 Å². The average molecular weight is 346 g/mol. The van der Waals surface area contributed by atoms with Gasteiger partial charge in [-0.3, -0.25) is 14.7 Å². The number of aryl methyl sites for hydroxylation is 2. The van der Waals surface area contributed by atoms with E-state index in [1.54, 1.807) is 12.4 Å². The lowest BCUT2D eigenvalue weighted by Crippen LogP contribution is -2.35. The molecule has 0 saturated heterocycles. The van der Waals surface area contributed by atoms with Gasteiger partial charge >= 0.3 is 0 Å². The van der Waals surface area contributed by atoms with E-state index in [1.807, 2.05) is 12.1 Å². The molecule has 3 heterocycles. The van der Waals surface area contributed by atoms with Gasteiger partial charge in [-0.1, -0.05) is 29.3 Å². The Labute approximate surface area is 152 Å². The molecule has 5 heteroatoms. The predicted molar refractivity (Wildman–Crippen MR) is 102 cm³/mol. The second kappa shape index (κ2) is 6.84. The minimum Gasteiger partial charge on any atom is -0.306 e. The van der Waals surface area contributed by atoms with Crippen LogP contribution in [-0.2, 0) is 19.5 Å². The Morgan fingerprint density at radius 1 is 1.12 bits per heavy atom. The molecule has 4 rings (SSSR count). The third-order valence-electron chi connectivity index (χ3n) is 4.79. The molecule has 0 atom stereocenters. The lowest BCUT2D eigenvalue weighted by molar-refractivity contribution is 0.242. The second-order valence-electron chi connectivity index (χ2n) is 7.03. The van der Waals surface area contributed by atoms with Gasteiger partial charge in [0, 0.05) is 44.0 Å². The summed E-state index contributed by atoms with van der Waals surface area (Å²) in [5.74, 6) is 0.624. The molecule has 1 N–H and O–H groups in total. The summed E-state index contributed by atoms with van der Waals surface area (Å²) >= 11 is 0. The number of benzene rings is 1. The van der Waals surface area contributed by atoms with E-state index in [1.165, 1.54) is 16.7 Å². The number of pyridine rings is 1. The Balaban J connectivity index is 1.58. The molecule has 5 nitrogen and oxygen atoms in total. The van der Waals surface area contributed by atoms with Crippen molar-refractivity contribution in [1.82, 2.24) is 19.9 Å². The average Bonchev–Trinajstić information content (AvgIpc) is 2.62. The largest absolute Gasteiger partial charge is 0.306 e. The lowest BCUT2D eigenvalue weighted by atomic mass is 10.0. The zero-order valence-electron chi connectivity index (χ0n) is 15.1. The lowest BCUT2D eigenvalue weighted by Gasteiger charge is -2.28. The first-order valence-corrected chi connectivity index (χ1v) is 8.90. The van der Waals surface area contributed by atoms with Gasteiger partial charge in [0.05, 0.1) is 11.3 Å². The third kappa shape index (κ3) is 3.44. The summed E-state index contributed by atoms with van der Waals surface area (Å²) in [6.07, 6.45) is 4.21. The van der Waals surface area contributed by atoms with Crippen LogP contribution in [0.25, 0.3) is 11.4 Å². The second-order valence-corrected chi connectivity index (χ2v) is 7.03. The van der Waals surface area contributed by atoms with Gasteiger partial charge in [0.15, 0.2) is 0 Å². The van der Waals surface area contributed by atoms with Crippen LogP contribution >= 0.6 is 0 Å². The van der Waals surface area contributed by atoms with Crippen LogP contribution in [0.1, 0.15) is 27.9 Å². The van der Waals surface area contributed by atoms with Crippen LogP contribution in [0.15, 0.2) is 47.5 Å². The fourth-order valence-electron chi connectivity index (χ4n) is 3.68. The summed E-state index contributed by atoms with van der Waals surface area (Å²) in [7, 11) is 0. The summed E-state index contributed by atoms with van der Waals surface area (Å²) < 4.78 is 0. The zero-order valence-corrected chi connectivity index (χ0v) is 15.1. The Morgan fingerprint density at radius 3 is 2.58 bits per heavy atom. The Hall–Kier alpha value is -2.79. The van der Waals surface area contributed by atoms with Crippen molar-refractivity contribution in [2.45, 2.75) is 33.4 Å². The number of H-pyrrole nitrogens is 1. The molecule has 2 aromatic heterocycles. The molecule has 1 aromatic carbocycles. The monoisotopic (exact) mass is 346 g/mol. The van der Waals surface area contributed by atoms with E-state index in [2.05, 4.69) is 46.9 Å². The maximum atomic E-state index is 12.6. The standard InChI is InChI=1S/C21H22N4O/c1-14-9-15(2)11-16(10-14)12-25-8-5-19-18(13-25)21(26)24-20(23-19)17-3-6-22-7-4-17/h3-4,6-7,9-11H,5,8,12-13H2,1-2H3,(H,23,24,26).